The fraction of sp³-hybridized carbons (Fsp3) is 0.143. The Morgan fingerprint density at radius 2 is 1.86 bits per heavy atom. The summed E-state index contributed by atoms with van der Waals surface area (Å²) in [7, 11) is -3.22. The molecule has 6 nitrogen and oxygen atoms in total. The highest BCUT2D eigenvalue weighted by atomic mass is 32.2. The number of hydrogen-bond acceptors (Lipinski definition) is 6. The average molecular weight is 427 g/mol. The summed E-state index contributed by atoms with van der Waals surface area (Å²) in [6, 6.07) is 16.5. The number of benzene rings is 2. The second-order valence-corrected chi connectivity index (χ2v) is 10.0. The van der Waals surface area contributed by atoms with Crippen LogP contribution in [0.2, 0.25) is 0 Å². The van der Waals surface area contributed by atoms with Crippen molar-refractivity contribution < 1.29 is 17.6 Å². The summed E-state index contributed by atoms with van der Waals surface area (Å²) < 4.78 is 29.1. The lowest BCUT2D eigenvalue weighted by Crippen LogP contribution is -2.10. The maximum Gasteiger partial charge on any atom is 0.291 e. The highest BCUT2D eigenvalue weighted by molar-refractivity contribution is 7.89. The molecule has 0 saturated carbocycles. The van der Waals surface area contributed by atoms with Gasteiger partial charge in [-0.2, -0.15) is 0 Å². The van der Waals surface area contributed by atoms with Gasteiger partial charge >= 0.3 is 0 Å². The van der Waals surface area contributed by atoms with Crippen LogP contribution in [-0.4, -0.2) is 25.6 Å². The molecule has 8 heteroatoms. The maximum absolute atomic E-state index is 12.3. The van der Waals surface area contributed by atoms with E-state index in [1.54, 1.807) is 23.5 Å². The van der Waals surface area contributed by atoms with Gasteiger partial charge < -0.3 is 9.73 Å². The summed E-state index contributed by atoms with van der Waals surface area (Å²) in [5, 5.41) is 3.66. The standard InChI is InChI=1S/C21H18N2O4S2/c1-13-3-9-17-19(11-13)28-21(23-17)14-4-6-15(7-5-14)22-20(24)18-10-8-16(27-18)12-29(2,25)26/h3-11H,12H2,1-2H3,(H,22,24). The van der Waals surface area contributed by atoms with Crippen LogP contribution in [0.4, 0.5) is 5.69 Å². The molecule has 148 valence electrons. The molecular weight excluding hydrogens is 408 g/mol. The summed E-state index contributed by atoms with van der Waals surface area (Å²) in [6.07, 6.45) is 1.11. The van der Waals surface area contributed by atoms with Crippen molar-refractivity contribution >= 4 is 43.0 Å². The number of hydrogen-bond donors (Lipinski definition) is 1. The van der Waals surface area contributed by atoms with Crippen molar-refractivity contribution in [2.75, 3.05) is 11.6 Å². The summed E-state index contributed by atoms with van der Waals surface area (Å²) >= 11 is 1.63. The maximum atomic E-state index is 12.3. The van der Waals surface area contributed by atoms with Gasteiger partial charge in [-0.3, -0.25) is 4.79 Å². The third-order valence-corrected chi connectivity index (χ3v) is 6.10. The number of amides is 1. The number of aryl methyl sites for hydroxylation is 1. The molecule has 0 aliphatic rings. The quantitative estimate of drug-likeness (QED) is 0.501. The molecule has 0 spiro atoms. The van der Waals surface area contributed by atoms with E-state index in [1.807, 2.05) is 24.3 Å². The minimum absolute atomic E-state index is 0.0641. The molecule has 4 rings (SSSR count). The van der Waals surface area contributed by atoms with E-state index in [4.69, 9.17) is 4.42 Å². The first-order chi connectivity index (χ1) is 13.8. The van der Waals surface area contributed by atoms with Crippen molar-refractivity contribution in [1.29, 1.82) is 0 Å². The number of nitrogens with zero attached hydrogens (tertiary/aromatic N) is 1. The Morgan fingerprint density at radius 3 is 2.59 bits per heavy atom. The van der Waals surface area contributed by atoms with Gasteiger partial charge in [-0.25, -0.2) is 13.4 Å². The summed E-state index contributed by atoms with van der Waals surface area (Å²) in [5.41, 5.74) is 3.74. The van der Waals surface area contributed by atoms with E-state index in [2.05, 4.69) is 23.3 Å². The molecule has 1 N–H and O–H groups in total. The fourth-order valence-electron chi connectivity index (χ4n) is 2.88. The van der Waals surface area contributed by atoms with E-state index >= 15 is 0 Å². The van der Waals surface area contributed by atoms with Crippen LogP contribution >= 0.6 is 11.3 Å². The molecule has 1 amide bonds. The lowest BCUT2D eigenvalue weighted by Gasteiger charge is -2.04. The average Bonchev–Trinajstić information content (AvgIpc) is 3.27. The Labute approximate surface area is 172 Å². The molecule has 0 aliphatic carbocycles. The van der Waals surface area contributed by atoms with Crippen molar-refractivity contribution in [3.05, 3.63) is 71.7 Å². The SMILES string of the molecule is Cc1ccc2nc(-c3ccc(NC(=O)c4ccc(CS(C)(=O)=O)o4)cc3)sc2c1. The van der Waals surface area contributed by atoms with Crippen LogP contribution in [0.15, 0.2) is 59.0 Å². The first-order valence-electron chi connectivity index (χ1n) is 8.82. The minimum atomic E-state index is -3.22. The van der Waals surface area contributed by atoms with Crippen molar-refractivity contribution in [3.63, 3.8) is 0 Å². The number of rotatable bonds is 5. The van der Waals surface area contributed by atoms with Crippen LogP contribution in [0.25, 0.3) is 20.8 Å². The monoisotopic (exact) mass is 426 g/mol. The zero-order valence-electron chi connectivity index (χ0n) is 15.8. The molecule has 0 radical (unpaired) electrons. The molecule has 0 bridgehead atoms. The van der Waals surface area contributed by atoms with Gasteiger partial charge in [-0.15, -0.1) is 11.3 Å². The zero-order valence-corrected chi connectivity index (χ0v) is 17.4. The lowest BCUT2D eigenvalue weighted by atomic mass is 10.2. The Kier molecular flexibility index (Phi) is 4.97. The number of nitrogens with one attached hydrogen (secondary N) is 1. The Morgan fingerprint density at radius 1 is 1.10 bits per heavy atom. The van der Waals surface area contributed by atoms with Gasteiger partial charge in [0.15, 0.2) is 15.6 Å². The van der Waals surface area contributed by atoms with Crippen molar-refractivity contribution in [2.45, 2.75) is 12.7 Å². The minimum Gasteiger partial charge on any atom is -0.455 e. The Balaban J connectivity index is 1.48. The van der Waals surface area contributed by atoms with E-state index in [0.29, 0.717) is 5.69 Å². The molecule has 4 aromatic rings. The fourth-order valence-corrected chi connectivity index (χ4v) is 4.62. The van der Waals surface area contributed by atoms with Gasteiger partial charge in [-0.1, -0.05) is 6.07 Å². The van der Waals surface area contributed by atoms with Crippen LogP contribution in [0.3, 0.4) is 0 Å². The number of fused-ring (bicyclic) bond motifs is 1. The second-order valence-electron chi connectivity index (χ2n) is 6.86. The highest BCUT2D eigenvalue weighted by Gasteiger charge is 2.15. The van der Waals surface area contributed by atoms with Crippen LogP contribution in [0, 0.1) is 6.92 Å². The van der Waals surface area contributed by atoms with E-state index < -0.39 is 15.7 Å². The van der Waals surface area contributed by atoms with Crippen LogP contribution in [-0.2, 0) is 15.6 Å². The number of furan rings is 1. The summed E-state index contributed by atoms with van der Waals surface area (Å²) in [5.74, 6) is -0.377. The van der Waals surface area contributed by atoms with Gasteiger partial charge in [0, 0.05) is 17.5 Å². The van der Waals surface area contributed by atoms with E-state index in [9.17, 15) is 13.2 Å². The van der Waals surface area contributed by atoms with Crippen molar-refractivity contribution in [3.8, 4) is 10.6 Å². The first kappa shape index (κ1) is 19.4. The first-order valence-corrected chi connectivity index (χ1v) is 11.7. The van der Waals surface area contributed by atoms with Crippen LogP contribution in [0.5, 0.6) is 0 Å². The molecule has 0 saturated heterocycles. The molecule has 0 unspecified atom stereocenters. The number of thiazole rings is 1. The van der Waals surface area contributed by atoms with Gasteiger partial charge in [0.25, 0.3) is 5.91 Å². The van der Waals surface area contributed by atoms with Crippen LogP contribution < -0.4 is 5.32 Å². The number of aromatic nitrogens is 1. The van der Waals surface area contributed by atoms with Gasteiger partial charge in [-0.05, 0) is 61.0 Å². The molecule has 0 fully saturated rings. The number of carbonyl (C=O) groups excluding carboxylic acids is 1. The molecular formula is C21H18N2O4S2. The topological polar surface area (TPSA) is 89.3 Å². The van der Waals surface area contributed by atoms with Crippen LogP contribution in [0.1, 0.15) is 21.9 Å². The summed E-state index contributed by atoms with van der Waals surface area (Å²) in [4.78, 5) is 17.0. The third kappa shape index (κ3) is 4.55. The normalized spacial score (nSPS) is 11.7. The second kappa shape index (κ2) is 7.46. The summed E-state index contributed by atoms with van der Waals surface area (Å²) in [6.45, 7) is 2.06. The van der Waals surface area contributed by atoms with E-state index in [-0.39, 0.29) is 17.3 Å². The smallest absolute Gasteiger partial charge is 0.291 e. The molecule has 2 aromatic heterocycles. The number of sulfone groups is 1. The van der Waals surface area contributed by atoms with Gasteiger partial charge in [0.2, 0.25) is 0 Å². The third-order valence-electron chi connectivity index (χ3n) is 4.22. The predicted octanol–water partition coefficient (Wildman–Crippen LogP) is 4.66. The highest BCUT2D eigenvalue weighted by Crippen LogP contribution is 2.31. The Hall–Kier alpha value is -2.97. The van der Waals surface area contributed by atoms with E-state index in [0.717, 1.165) is 27.0 Å². The zero-order chi connectivity index (χ0) is 20.6. The van der Waals surface area contributed by atoms with Crippen molar-refractivity contribution in [2.24, 2.45) is 0 Å². The molecule has 0 atom stereocenters. The van der Waals surface area contributed by atoms with Crippen molar-refractivity contribution in [1.82, 2.24) is 4.98 Å². The molecule has 29 heavy (non-hydrogen) atoms. The molecule has 0 aliphatic heterocycles. The number of anilines is 1. The van der Waals surface area contributed by atoms with Gasteiger partial charge in [0.05, 0.1) is 10.2 Å². The predicted molar refractivity (Wildman–Crippen MR) is 115 cm³/mol. The van der Waals surface area contributed by atoms with Gasteiger partial charge in [0.1, 0.15) is 16.5 Å². The number of carbonyl (C=O) groups is 1. The largest absolute Gasteiger partial charge is 0.455 e. The van der Waals surface area contributed by atoms with E-state index in [1.165, 1.54) is 17.7 Å². The molecule has 2 aromatic carbocycles. The molecule has 2 heterocycles. The lowest BCUT2D eigenvalue weighted by molar-refractivity contribution is 0.0995. The Bertz CT molecular complexity index is 1300.